The van der Waals surface area contributed by atoms with Crippen LogP contribution in [0.3, 0.4) is 0 Å². The SMILES string of the molecule is CC1(C)CCC(CN2CCN(c3ccc(C(=O)NS(=O)(=O)c4cnc(OCC5CCC(C)(O)CC5)c(C#N)c4)c(Oc4cc(F)cc5c4cnn5COCC[Si](C)(C)C)c3)CC2)=C(c2ccc(Cl)cc2)C1. The van der Waals surface area contributed by atoms with E-state index in [4.69, 9.17) is 25.8 Å². The summed E-state index contributed by atoms with van der Waals surface area (Å²) < 4.78 is 65.2. The number of halogens is 2. The highest BCUT2D eigenvalue weighted by Gasteiger charge is 2.32. The molecular weight excluding hydrogens is 961 g/mol. The van der Waals surface area contributed by atoms with E-state index in [1.807, 2.05) is 25.1 Å². The standard InChI is InChI=1S/C53H65ClFN7O7SSi/c1-52(2)16-15-38(45(29-52)37-7-9-40(54)10-8-37)33-60-19-21-61(22-20-60)42-11-12-44(49(28-42)69-48-27-41(55)26-47-46(48)32-58-62(47)35-67-23-24-71(4,5)6)50(63)59-70(65,66)43-25-39(30-56)51(57-31-43)68-34-36-13-17-53(3,64)18-14-36/h7-12,25-28,31-32,36,64H,13-24,29,33-35H2,1-6H3,(H,59,63). The number of ether oxygens (including phenoxy) is 3. The van der Waals surface area contributed by atoms with Gasteiger partial charge in [-0.15, -0.1) is 0 Å². The second kappa shape index (κ2) is 21.4. The molecule has 0 unspecified atom stereocenters. The Morgan fingerprint density at radius 2 is 1.72 bits per heavy atom. The Balaban J connectivity index is 1.03. The second-order valence-corrected chi connectivity index (χ2v) is 29.4. The molecule has 1 amide bonds. The molecule has 0 spiro atoms. The van der Waals surface area contributed by atoms with Crippen molar-refractivity contribution in [3.8, 4) is 23.4 Å². The van der Waals surface area contributed by atoms with Gasteiger partial charge in [0.1, 0.15) is 40.6 Å². The first-order valence-electron chi connectivity index (χ1n) is 24.5. The molecule has 2 fully saturated rings. The number of aromatic nitrogens is 3. The summed E-state index contributed by atoms with van der Waals surface area (Å²) >= 11 is 6.27. The minimum Gasteiger partial charge on any atom is -0.476 e. The van der Waals surface area contributed by atoms with Crippen LogP contribution in [0.5, 0.6) is 17.4 Å². The maximum atomic E-state index is 15.5. The van der Waals surface area contributed by atoms with Crippen LogP contribution in [-0.2, 0) is 21.5 Å². The number of benzene rings is 3. The third-order valence-electron chi connectivity index (χ3n) is 14.0. The molecule has 14 nitrogen and oxygen atoms in total. The maximum absolute atomic E-state index is 15.5. The van der Waals surface area contributed by atoms with Gasteiger partial charge in [-0.2, -0.15) is 10.4 Å². The van der Waals surface area contributed by atoms with E-state index in [2.05, 4.69) is 70.2 Å². The molecule has 71 heavy (non-hydrogen) atoms. The Labute approximate surface area is 422 Å². The molecule has 2 aliphatic carbocycles. The van der Waals surface area contributed by atoms with Crippen molar-refractivity contribution in [3.05, 3.63) is 106 Å². The molecule has 0 radical (unpaired) electrons. The van der Waals surface area contributed by atoms with Crippen molar-refractivity contribution < 1.29 is 36.9 Å². The van der Waals surface area contributed by atoms with E-state index in [0.717, 1.165) is 75.7 Å². The zero-order valence-electron chi connectivity index (χ0n) is 41.6. The van der Waals surface area contributed by atoms with E-state index >= 15 is 4.39 Å². The van der Waals surface area contributed by atoms with Gasteiger partial charge < -0.3 is 24.2 Å². The summed E-state index contributed by atoms with van der Waals surface area (Å²) in [5.41, 5.74) is 4.43. The summed E-state index contributed by atoms with van der Waals surface area (Å²) in [7, 11) is -5.95. The van der Waals surface area contributed by atoms with Crippen LogP contribution in [0.1, 0.15) is 87.2 Å². The summed E-state index contributed by atoms with van der Waals surface area (Å²) in [4.78, 5) is 22.6. The lowest BCUT2D eigenvalue weighted by atomic mass is 9.72. The van der Waals surface area contributed by atoms with Gasteiger partial charge in [-0.3, -0.25) is 9.69 Å². The Morgan fingerprint density at radius 3 is 2.42 bits per heavy atom. The fourth-order valence-electron chi connectivity index (χ4n) is 9.50. The topological polar surface area (TPSA) is 172 Å². The molecule has 3 aliphatic rings. The highest BCUT2D eigenvalue weighted by atomic mass is 35.5. The summed E-state index contributed by atoms with van der Waals surface area (Å²) in [6, 6.07) is 19.6. The van der Waals surface area contributed by atoms with Crippen LogP contribution in [0, 0.1) is 28.5 Å². The van der Waals surface area contributed by atoms with Crippen molar-refractivity contribution in [1.82, 2.24) is 24.4 Å². The van der Waals surface area contributed by atoms with Gasteiger partial charge in [-0.05, 0) is 111 Å². The monoisotopic (exact) mass is 1030 g/mol. The first-order chi connectivity index (χ1) is 33.6. The molecule has 0 bridgehead atoms. The molecule has 8 rings (SSSR count). The van der Waals surface area contributed by atoms with Gasteiger partial charge in [0.25, 0.3) is 15.9 Å². The van der Waals surface area contributed by atoms with E-state index < -0.39 is 40.3 Å². The Bertz CT molecular complexity index is 2930. The van der Waals surface area contributed by atoms with Gasteiger partial charge in [0.05, 0.1) is 41.1 Å². The molecule has 3 aromatic carbocycles. The molecule has 5 aromatic rings. The van der Waals surface area contributed by atoms with Crippen LogP contribution in [0.15, 0.2) is 83.5 Å². The van der Waals surface area contributed by atoms with Crippen molar-refractivity contribution in [1.29, 1.82) is 5.26 Å². The molecule has 18 heteroatoms. The van der Waals surface area contributed by atoms with Gasteiger partial charge >= 0.3 is 0 Å². The van der Waals surface area contributed by atoms with Gasteiger partial charge in [-0.1, -0.05) is 62.8 Å². The quantitative estimate of drug-likeness (QED) is 0.0668. The second-order valence-electron chi connectivity index (χ2n) is 21.6. The number of nitriles is 1. The number of piperazine rings is 1. The van der Waals surface area contributed by atoms with E-state index in [-0.39, 0.29) is 53.2 Å². The number of pyridine rings is 1. The van der Waals surface area contributed by atoms with E-state index in [0.29, 0.717) is 48.5 Å². The summed E-state index contributed by atoms with van der Waals surface area (Å²) in [5, 5.41) is 26.0. The maximum Gasteiger partial charge on any atom is 0.268 e. The van der Waals surface area contributed by atoms with Crippen molar-refractivity contribution in [3.63, 3.8) is 0 Å². The number of carbonyl (C=O) groups is 1. The third kappa shape index (κ3) is 13.2. The minimum absolute atomic E-state index is 0.00457. The van der Waals surface area contributed by atoms with Crippen LogP contribution in [-0.4, -0.2) is 98.7 Å². The predicted octanol–water partition coefficient (Wildman–Crippen LogP) is 10.4. The normalized spacial score (nSPS) is 19.9. The number of hydrogen-bond acceptors (Lipinski definition) is 12. The lowest BCUT2D eigenvalue weighted by molar-refractivity contribution is 0.00125. The number of anilines is 1. The zero-order valence-corrected chi connectivity index (χ0v) is 44.1. The smallest absolute Gasteiger partial charge is 0.268 e. The molecular formula is C53H65ClFN7O7SSi. The van der Waals surface area contributed by atoms with Crippen LogP contribution in [0.4, 0.5) is 10.1 Å². The summed E-state index contributed by atoms with van der Waals surface area (Å²) in [5.74, 6) is -1.43. The van der Waals surface area contributed by atoms with Gasteiger partial charge in [0.15, 0.2) is 0 Å². The largest absolute Gasteiger partial charge is 0.476 e. The number of rotatable bonds is 17. The number of sulfonamides is 1. The van der Waals surface area contributed by atoms with Crippen molar-refractivity contribution in [2.24, 2.45) is 11.3 Å². The van der Waals surface area contributed by atoms with Crippen LogP contribution >= 0.6 is 11.6 Å². The number of nitrogens with one attached hydrogen (secondary N) is 1. The van der Waals surface area contributed by atoms with Crippen molar-refractivity contribution in [2.75, 3.05) is 50.8 Å². The number of amides is 1. The molecule has 2 aromatic heterocycles. The number of allylic oxidation sites excluding steroid dienone is 1. The molecule has 0 atom stereocenters. The Kier molecular flexibility index (Phi) is 15.7. The van der Waals surface area contributed by atoms with Crippen LogP contribution in [0.25, 0.3) is 16.5 Å². The number of carbonyl (C=O) groups excluding carboxylic acids is 1. The molecule has 378 valence electrons. The van der Waals surface area contributed by atoms with Crippen LogP contribution in [0.2, 0.25) is 30.7 Å². The highest BCUT2D eigenvalue weighted by Crippen LogP contribution is 2.44. The zero-order chi connectivity index (χ0) is 50.7. The Hall–Kier alpha value is -5.35. The fraction of sp³-hybridized carbons (Fsp3) is 0.472. The summed E-state index contributed by atoms with van der Waals surface area (Å²) in [6.07, 6.45) is 8.44. The van der Waals surface area contributed by atoms with Crippen molar-refractivity contribution >= 4 is 57.8 Å². The lowest BCUT2D eigenvalue weighted by Gasteiger charge is -2.39. The number of aliphatic hydroxyl groups is 1. The lowest BCUT2D eigenvalue weighted by Crippen LogP contribution is -2.47. The van der Waals surface area contributed by atoms with E-state index in [1.54, 1.807) is 23.0 Å². The highest BCUT2D eigenvalue weighted by molar-refractivity contribution is 7.90. The average molecular weight is 1030 g/mol. The van der Waals surface area contributed by atoms with Gasteiger partial charge in [-0.25, -0.2) is 27.2 Å². The van der Waals surface area contributed by atoms with E-state index in [1.165, 1.54) is 34.9 Å². The molecule has 1 aliphatic heterocycles. The molecule has 3 heterocycles. The predicted molar refractivity (Wildman–Crippen MR) is 277 cm³/mol. The number of nitrogens with zero attached hydrogens (tertiary/aromatic N) is 6. The molecule has 1 saturated carbocycles. The average Bonchev–Trinajstić information content (AvgIpc) is 3.73. The van der Waals surface area contributed by atoms with Gasteiger partial charge in [0, 0.05) is 76.3 Å². The number of hydrogen-bond donors (Lipinski definition) is 2. The van der Waals surface area contributed by atoms with E-state index in [9.17, 15) is 23.6 Å². The molecule has 1 saturated heterocycles. The third-order valence-corrected chi connectivity index (χ3v) is 17.2. The fourth-order valence-corrected chi connectivity index (χ4v) is 11.3. The number of fused-ring (bicyclic) bond motifs is 1. The first kappa shape index (κ1) is 52.0. The van der Waals surface area contributed by atoms with Crippen LogP contribution < -0.4 is 19.1 Å². The summed E-state index contributed by atoms with van der Waals surface area (Å²) in [6.45, 7) is 17.9. The first-order valence-corrected chi connectivity index (χ1v) is 30.0. The minimum atomic E-state index is -4.60. The van der Waals surface area contributed by atoms with Gasteiger partial charge in [0.2, 0.25) is 5.88 Å². The molecule has 2 N–H and O–H groups in total. The van der Waals surface area contributed by atoms with Crippen molar-refractivity contribution in [2.45, 2.75) is 109 Å². The Morgan fingerprint density at radius 1 is 0.986 bits per heavy atom.